The Balaban J connectivity index is -0.000000245. The summed E-state index contributed by atoms with van der Waals surface area (Å²) >= 11 is 0. The number of carboxylic acids is 1. The molecule has 0 heterocycles. The fourth-order valence-electron chi connectivity index (χ4n) is 0.193. The molecule has 0 unspecified atom stereocenters. The molecule has 0 fully saturated rings. The van der Waals surface area contributed by atoms with E-state index in [1.54, 1.807) is 6.92 Å². The molecule has 48 valence electrons. The first-order valence-corrected chi connectivity index (χ1v) is 2.08. The normalized spacial score (nSPS) is 7.22. The van der Waals surface area contributed by atoms with E-state index in [2.05, 4.69) is 4.74 Å². The van der Waals surface area contributed by atoms with E-state index in [1.807, 2.05) is 0 Å². The van der Waals surface area contributed by atoms with Crippen LogP contribution in [-0.4, -0.2) is 23.7 Å². The third-order valence-corrected chi connectivity index (χ3v) is 0.450. The molecular weight excluding hydrogens is 151 g/mol. The summed E-state index contributed by atoms with van der Waals surface area (Å²) in [6.45, 7) is 1.64. The third-order valence-electron chi connectivity index (χ3n) is 0.450. The Kier molecular flexibility index (Phi) is 9.13. The molecule has 0 saturated carbocycles. The van der Waals surface area contributed by atoms with E-state index in [0.717, 1.165) is 0 Å². The van der Waals surface area contributed by atoms with Crippen molar-refractivity contribution in [1.29, 1.82) is 0 Å². The van der Waals surface area contributed by atoms with Gasteiger partial charge in [0.25, 0.3) is 0 Å². The molecule has 9 heavy (non-hydrogen) atoms. The quantitative estimate of drug-likeness (QED) is 0.247. The van der Waals surface area contributed by atoms with Crippen molar-refractivity contribution in [2.45, 2.75) is 6.92 Å². The summed E-state index contributed by atoms with van der Waals surface area (Å²) in [4.78, 5) is 19.5. The second-order valence-corrected chi connectivity index (χ2v) is 1.03. The summed E-state index contributed by atoms with van der Waals surface area (Å²) in [6.07, 6.45) is 0. The van der Waals surface area contributed by atoms with Crippen LogP contribution in [0.15, 0.2) is 0 Å². The van der Waals surface area contributed by atoms with Gasteiger partial charge in [-0.2, -0.15) is 0 Å². The first-order chi connectivity index (χ1) is 3.68. The molecule has 0 aromatic rings. The largest absolute Gasteiger partial charge is 1.00 e. The molecule has 0 aromatic heterocycles. The van der Waals surface area contributed by atoms with Crippen molar-refractivity contribution in [3.63, 3.8) is 0 Å². The zero-order chi connectivity index (χ0) is 6.57. The molecule has 0 aliphatic heterocycles. The van der Waals surface area contributed by atoms with Crippen LogP contribution in [0.3, 0.4) is 0 Å². The van der Waals surface area contributed by atoms with Gasteiger partial charge in [-0.05, 0) is 6.92 Å². The molecule has 0 aromatic carbocycles. The summed E-state index contributed by atoms with van der Waals surface area (Å²) < 4.78 is 4.06. The smallest absolute Gasteiger partial charge is 1.00 e. The molecule has 0 spiro atoms. The Labute approximate surface area is 96.5 Å². The summed E-state index contributed by atoms with van der Waals surface area (Å²) in [6, 6.07) is 0. The Bertz CT molecular complexity index is 116. The minimum Gasteiger partial charge on any atom is -1.00 e. The van der Waals surface area contributed by atoms with Crippen LogP contribution < -0.4 is 51.4 Å². The Hall–Kier alpha value is 0.576. The van der Waals surface area contributed by atoms with Gasteiger partial charge in [0.1, 0.15) is 0 Å². The predicted octanol–water partition coefficient (Wildman–Crippen LogP) is -3.25. The molecule has 0 aliphatic carbocycles. The number of esters is 1. The van der Waals surface area contributed by atoms with Crippen LogP contribution in [0.4, 0.5) is 0 Å². The van der Waals surface area contributed by atoms with Gasteiger partial charge >= 0.3 is 63.3 Å². The van der Waals surface area contributed by atoms with Gasteiger partial charge in [-0.25, -0.2) is 9.59 Å². The van der Waals surface area contributed by atoms with Crippen molar-refractivity contribution in [3.8, 4) is 0 Å². The second-order valence-electron chi connectivity index (χ2n) is 1.03. The number of carbonyl (C=O) groups excluding carboxylic acids is 1. The van der Waals surface area contributed by atoms with E-state index >= 15 is 0 Å². The van der Waals surface area contributed by atoms with Gasteiger partial charge in [-0.3, -0.25) is 0 Å². The van der Waals surface area contributed by atoms with Crippen molar-refractivity contribution in [3.05, 3.63) is 0 Å². The molecule has 0 saturated heterocycles. The fourth-order valence-corrected chi connectivity index (χ4v) is 0.193. The number of carbonyl (C=O) groups is 2. The molecule has 0 radical (unpaired) electrons. The number of hydrogen-bond donors (Lipinski definition) is 1. The summed E-state index contributed by atoms with van der Waals surface area (Å²) in [5.41, 5.74) is 0. The maximum absolute atomic E-state index is 9.92. The van der Waals surface area contributed by atoms with Crippen molar-refractivity contribution in [2.24, 2.45) is 0 Å². The standard InChI is InChI=1S/C4H6O4.K.H/c1-2-8-4(7)3(5)6;;/h2H2,1H3,(H,5,6);;/q;+1;-1. The molecule has 1 N–H and O–H groups in total. The van der Waals surface area contributed by atoms with E-state index in [-0.39, 0.29) is 59.4 Å². The van der Waals surface area contributed by atoms with Crippen molar-refractivity contribution >= 4 is 11.9 Å². The average Bonchev–Trinajstić information content (AvgIpc) is 1.67. The maximum Gasteiger partial charge on any atom is 1.00 e. The number of aliphatic carboxylic acids is 1. The van der Waals surface area contributed by atoms with Gasteiger partial charge in [-0.1, -0.05) is 0 Å². The van der Waals surface area contributed by atoms with Gasteiger partial charge in [0.2, 0.25) is 0 Å². The monoisotopic (exact) mass is 158 g/mol. The van der Waals surface area contributed by atoms with Crippen LogP contribution >= 0.6 is 0 Å². The molecule has 0 rings (SSSR count). The van der Waals surface area contributed by atoms with Gasteiger partial charge < -0.3 is 11.3 Å². The van der Waals surface area contributed by atoms with Crippen molar-refractivity contribution in [1.82, 2.24) is 0 Å². The number of carboxylic acid groups (broad SMARTS) is 1. The van der Waals surface area contributed by atoms with Crippen LogP contribution in [0.2, 0.25) is 0 Å². The first-order valence-electron chi connectivity index (χ1n) is 2.08. The van der Waals surface area contributed by atoms with E-state index < -0.39 is 11.9 Å². The minimum absolute atomic E-state index is 0. The SMILES string of the molecule is CCOC(=O)C(=O)O.[H-].[K+]. The maximum atomic E-state index is 9.92. The topological polar surface area (TPSA) is 63.6 Å². The Morgan fingerprint density at radius 2 is 2.11 bits per heavy atom. The van der Waals surface area contributed by atoms with Crippen LogP contribution in [0.25, 0.3) is 0 Å². The molecule has 0 atom stereocenters. The predicted molar refractivity (Wildman–Crippen MR) is 25.4 cm³/mol. The van der Waals surface area contributed by atoms with Crippen LogP contribution in [0.1, 0.15) is 8.35 Å². The summed E-state index contributed by atoms with van der Waals surface area (Å²) in [5, 5.41) is 7.84. The fraction of sp³-hybridized carbons (Fsp3) is 0.500. The van der Waals surface area contributed by atoms with Gasteiger partial charge in [-0.15, -0.1) is 0 Å². The van der Waals surface area contributed by atoms with Crippen LogP contribution in [0.5, 0.6) is 0 Å². The molecule has 0 amide bonds. The van der Waals surface area contributed by atoms with E-state index in [1.165, 1.54) is 0 Å². The summed E-state index contributed by atoms with van der Waals surface area (Å²) in [7, 11) is 0. The Morgan fingerprint density at radius 3 is 2.22 bits per heavy atom. The average molecular weight is 158 g/mol. The number of rotatable bonds is 1. The zero-order valence-corrected chi connectivity index (χ0v) is 8.50. The minimum atomic E-state index is -1.55. The van der Waals surface area contributed by atoms with Crippen molar-refractivity contribution in [2.75, 3.05) is 6.61 Å². The number of ether oxygens (including phenoxy) is 1. The molecule has 4 nitrogen and oxygen atoms in total. The molecular formula is C4H7KO4. The van der Waals surface area contributed by atoms with E-state index in [4.69, 9.17) is 5.11 Å². The van der Waals surface area contributed by atoms with Gasteiger partial charge in [0.05, 0.1) is 6.61 Å². The molecule has 0 bridgehead atoms. The Morgan fingerprint density at radius 1 is 1.67 bits per heavy atom. The number of hydrogen-bond acceptors (Lipinski definition) is 3. The van der Waals surface area contributed by atoms with Crippen LogP contribution in [-0.2, 0) is 14.3 Å². The van der Waals surface area contributed by atoms with E-state index in [9.17, 15) is 9.59 Å². The third kappa shape index (κ3) is 6.46. The van der Waals surface area contributed by atoms with E-state index in [0.29, 0.717) is 0 Å². The van der Waals surface area contributed by atoms with Crippen molar-refractivity contribution < 1.29 is 72.2 Å². The van der Waals surface area contributed by atoms with Crippen LogP contribution in [0, 0.1) is 0 Å². The van der Waals surface area contributed by atoms with Gasteiger partial charge in [0, 0.05) is 0 Å². The second kappa shape index (κ2) is 6.69. The first kappa shape index (κ1) is 12.3. The van der Waals surface area contributed by atoms with Gasteiger partial charge in [0.15, 0.2) is 0 Å². The molecule has 0 aliphatic rings. The summed E-state index contributed by atoms with van der Waals surface area (Å²) in [5.74, 6) is -2.75. The zero-order valence-electron chi connectivity index (χ0n) is 6.38. The molecule has 5 heteroatoms.